The number of hydrogen-bond donors (Lipinski definition) is 0. The van der Waals surface area contributed by atoms with Crippen molar-refractivity contribution in [3.63, 3.8) is 0 Å². The third-order valence-electron chi connectivity index (χ3n) is 6.87. The summed E-state index contributed by atoms with van der Waals surface area (Å²) in [4.78, 5) is 33.9. The maximum absolute atomic E-state index is 13.7. The van der Waals surface area contributed by atoms with E-state index in [-0.39, 0.29) is 11.5 Å². The summed E-state index contributed by atoms with van der Waals surface area (Å²) < 4.78 is 6.92. The maximum Gasteiger partial charge on any atom is 0.266 e. The zero-order valence-corrected chi connectivity index (χ0v) is 22.1. The van der Waals surface area contributed by atoms with Crippen molar-refractivity contribution in [3.05, 3.63) is 100 Å². The number of aryl methyl sites for hydroxylation is 1. The van der Waals surface area contributed by atoms with E-state index in [1.165, 1.54) is 18.4 Å². The lowest BCUT2D eigenvalue weighted by Crippen LogP contribution is -2.36. The molecule has 0 bridgehead atoms. The molecule has 1 amide bonds. The van der Waals surface area contributed by atoms with E-state index < -0.39 is 6.04 Å². The molecule has 0 radical (unpaired) electrons. The van der Waals surface area contributed by atoms with Gasteiger partial charge in [0.25, 0.3) is 11.5 Å². The Morgan fingerprint density at radius 3 is 2.32 bits per heavy atom. The first kappa shape index (κ1) is 26.1. The number of hydrogen-bond acceptors (Lipinski definition) is 4. The topological polar surface area (TPSA) is 64.4 Å². The summed E-state index contributed by atoms with van der Waals surface area (Å²) in [5.41, 5.74) is 2.99. The van der Waals surface area contributed by atoms with Crippen LogP contribution in [0.1, 0.15) is 67.3 Å². The van der Waals surface area contributed by atoms with Crippen LogP contribution in [-0.4, -0.2) is 34.5 Å². The summed E-state index contributed by atoms with van der Waals surface area (Å²) in [7, 11) is 3.39. The van der Waals surface area contributed by atoms with Crippen LogP contribution in [0.15, 0.2) is 77.6 Å². The largest absolute Gasteiger partial charge is 0.497 e. The van der Waals surface area contributed by atoms with Crippen LogP contribution in [0.25, 0.3) is 16.6 Å². The lowest BCUT2D eigenvalue weighted by molar-refractivity contribution is 0.0717. The number of para-hydroxylation sites is 1. The standard InChI is InChI=1S/C31H35N3O3/c1-5-7-8-11-22-14-16-23(17-15-22)30(35)33(3)28(6-2)29-32-27-13-10-9-12-26(27)31(36)34(29)24-18-20-25(37-4)21-19-24/h9-10,12-21,28H,5-8,11H2,1-4H3. The fourth-order valence-electron chi connectivity index (χ4n) is 4.72. The number of aromatic nitrogens is 2. The highest BCUT2D eigenvalue weighted by Gasteiger charge is 2.27. The molecule has 1 atom stereocenters. The zero-order chi connectivity index (χ0) is 26.4. The Morgan fingerprint density at radius 2 is 1.68 bits per heavy atom. The highest BCUT2D eigenvalue weighted by molar-refractivity contribution is 5.94. The van der Waals surface area contributed by atoms with Gasteiger partial charge in [-0.05, 0) is 73.4 Å². The van der Waals surface area contributed by atoms with Crippen molar-refractivity contribution in [1.29, 1.82) is 0 Å². The van der Waals surface area contributed by atoms with Gasteiger partial charge in [0, 0.05) is 12.6 Å². The fourth-order valence-corrected chi connectivity index (χ4v) is 4.72. The van der Waals surface area contributed by atoms with Crippen LogP contribution < -0.4 is 10.3 Å². The molecule has 6 heteroatoms. The molecule has 0 aliphatic carbocycles. The van der Waals surface area contributed by atoms with E-state index in [9.17, 15) is 9.59 Å². The third kappa shape index (κ3) is 5.58. The van der Waals surface area contributed by atoms with E-state index in [2.05, 4.69) is 6.92 Å². The molecule has 37 heavy (non-hydrogen) atoms. The monoisotopic (exact) mass is 497 g/mol. The van der Waals surface area contributed by atoms with Crippen molar-refractivity contribution in [1.82, 2.24) is 14.5 Å². The molecule has 192 valence electrons. The van der Waals surface area contributed by atoms with Gasteiger partial charge in [-0.3, -0.25) is 14.2 Å². The minimum Gasteiger partial charge on any atom is -0.497 e. The molecule has 0 aliphatic rings. The van der Waals surface area contributed by atoms with Gasteiger partial charge in [0.15, 0.2) is 0 Å². The molecular weight excluding hydrogens is 462 g/mol. The van der Waals surface area contributed by atoms with Crippen LogP contribution in [-0.2, 0) is 6.42 Å². The second-order valence-corrected chi connectivity index (χ2v) is 9.32. The van der Waals surface area contributed by atoms with E-state index >= 15 is 0 Å². The van der Waals surface area contributed by atoms with Crippen molar-refractivity contribution in [3.8, 4) is 11.4 Å². The number of amides is 1. The minimum absolute atomic E-state index is 0.101. The molecule has 0 aliphatic heterocycles. The Morgan fingerprint density at radius 1 is 0.973 bits per heavy atom. The number of methoxy groups -OCH3 is 1. The number of nitrogens with zero attached hydrogens (tertiary/aromatic N) is 3. The molecule has 0 spiro atoms. The Bertz CT molecular complexity index is 1410. The molecule has 4 aromatic rings. The fraction of sp³-hybridized carbons (Fsp3) is 0.323. The van der Waals surface area contributed by atoms with Crippen LogP contribution in [0.5, 0.6) is 5.75 Å². The molecule has 1 unspecified atom stereocenters. The normalized spacial score (nSPS) is 11.9. The van der Waals surface area contributed by atoms with Crippen molar-refractivity contribution >= 4 is 16.8 Å². The summed E-state index contributed by atoms with van der Waals surface area (Å²) in [5, 5.41) is 0.532. The predicted molar refractivity (Wildman–Crippen MR) is 149 cm³/mol. The van der Waals surface area contributed by atoms with Crippen LogP contribution in [0.3, 0.4) is 0 Å². The molecule has 0 fully saturated rings. The third-order valence-corrected chi connectivity index (χ3v) is 6.87. The van der Waals surface area contributed by atoms with Gasteiger partial charge >= 0.3 is 0 Å². The predicted octanol–water partition coefficient (Wildman–Crippen LogP) is 6.35. The highest BCUT2D eigenvalue weighted by atomic mass is 16.5. The molecule has 1 heterocycles. The Balaban J connectivity index is 1.74. The number of benzene rings is 3. The summed E-state index contributed by atoms with van der Waals surface area (Å²) in [5.74, 6) is 1.13. The Kier molecular flexibility index (Phi) is 8.39. The van der Waals surface area contributed by atoms with Gasteiger partial charge in [0.05, 0.1) is 29.7 Å². The lowest BCUT2D eigenvalue weighted by Gasteiger charge is -2.29. The van der Waals surface area contributed by atoms with E-state index in [0.29, 0.717) is 40.1 Å². The molecule has 0 N–H and O–H groups in total. The van der Waals surface area contributed by atoms with Gasteiger partial charge in [-0.1, -0.05) is 51.0 Å². The first-order chi connectivity index (χ1) is 18.0. The van der Waals surface area contributed by atoms with Crippen molar-refractivity contribution in [2.24, 2.45) is 0 Å². The van der Waals surface area contributed by atoms with Gasteiger partial charge < -0.3 is 9.64 Å². The Hall–Kier alpha value is -3.93. The first-order valence-electron chi connectivity index (χ1n) is 13.0. The average molecular weight is 498 g/mol. The number of carbonyl (C=O) groups is 1. The molecule has 6 nitrogen and oxygen atoms in total. The second kappa shape index (κ2) is 11.9. The number of rotatable bonds is 10. The molecule has 1 aromatic heterocycles. The summed E-state index contributed by atoms with van der Waals surface area (Å²) in [6.07, 6.45) is 5.15. The van der Waals surface area contributed by atoms with Crippen molar-refractivity contribution in [2.45, 2.75) is 52.0 Å². The minimum atomic E-state index is -0.406. The number of fused-ring (bicyclic) bond motifs is 1. The van der Waals surface area contributed by atoms with Crippen LogP contribution in [0.4, 0.5) is 0 Å². The van der Waals surface area contributed by atoms with E-state index in [4.69, 9.17) is 9.72 Å². The zero-order valence-electron chi connectivity index (χ0n) is 22.1. The summed E-state index contributed by atoms with van der Waals surface area (Å²) in [6.45, 7) is 4.20. The van der Waals surface area contributed by atoms with Crippen molar-refractivity contribution < 1.29 is 9.53 Å². The van der Waals surface area contributed by atoms with E-state index in [1.54, 1.807) is 29.7 Å². The van der Waals surface area contributed by atoms with Crippen LogP contribution in [0, 0.1) is 0 Å². The highest BCUT2D eigenvalue weighted by Crippen LogP contribution is 2.27. The van der Waals surface area contributed by atoms with Crippen LogP contribution >= 0.6 is 0 Å². The summed E-state index contributed by atoms with van der Waals surface area (Å²) in [6, 6.07) is 22.1. The molecule has 4 rings (SSSR count). The number of carbonyl (C=O) groups excluding carboxylic acids is 1. The molecular formula is C31H35N3O3. The second-order valence-electron chi connectivity index (χ2n) is 9.32. The first-order valence-corrected chi connectivity index (χ1v) is 13.0. The molecule has 3 aromatic carbocycles. The van der Waals surface area contributed by atoms with Gasteiger partial charge in [-0.15, -0.1) is 0 Å². The molecule has 0 saturated carbocycles. The van der Waals surface area contributed by atoms with Crippen molar-refractivity contribution in [2.75, 3.05) is 14.2 Å². The maximum atomic E-state index is 13.7. The smallest absolute Gasteiger partial charge is 0.266 e. The van der Waals surface area contributed by atoms with Gasteiger partial charge in [0.1, 0.15) is 11.6 Å². The van der Waals surface area contributed by atoms with E-state index in [1.807, 2.05) is 73.7 Å². The van der Waals surface area contributed by atoms with Crippen LogP contribution in [0.2, 0.25) is 0 Å². The van der Waals surface area contributed by atoms with E-state index in [0.717, 1.165) is 12.8 Å². The Labute approximate surface area is 218 Å². The average Bonchev–Trinajstić information content (AvgIpc) is 2.94. The lowest BCUT2D eigenvalue weighted by atomic mass is 10.0. The SMILES string of the molecule is CCCCCc1ccc(C(=O)N(C)C(CC)c2nc3ccccc3c(=O)n2-c2ccc(OC)cc2)cc1. The van der Waals surface area contributed by atoms with Gasteiger partial charge in [0.2, 0.25) is 0 Å². The molecule has 0 saturated heterocycles. The number of unbranched alkanes of at least 4 members (excludes halogenated alkanes) is 2. The number of ether oxygens (including phenoxy) is 1. The van der Waals surface area contributed by atoms with Gasteiger partial charge in [-0.2, -0.15) is 0 Å². The summed E-state index contributed by atoms with van der Waals surface area (Å²) >= 11 is 0. The quantitative estimate of drug-likeness (QED) is 0.240. The van der Waals surface area contributed by atoms with Gasteiger partial charge in [-0.25, -0.2) is 4.98 Å².